The number of carbonyl (C=O) groups excluding carboxylic acids is 2. The van der Waals surface area contributed by atoms with Crippen molar-refractivity contribution in [3.05, 3.63) is 156 Å². The van der Waals surface area contributed by atoms with E-state index in [9.17, 15) is 27.2 Å². The topological polar surface area (TPSA) is 149 Å². The molecule has 0 aliphatic rings. The maximum absolute atomic E-state index is 13.6. The Bertz CT molecular complexity index is 2640. The van der Waals surface area contributed by atoms with Crippen molar-refractivity contribution >= 4 is 57.5 Å². The van der Waals surface area contributed by atoms with Gasteiger partial charge in [-0.1, -0.05) is 46.7 Å². The van der Waals surface area contributed by atoms with Crippen LogP contribution in [0, 0.1) is 37.1 Å². The summed E-state index contributed by atoms with van der Waals surface area (Å²) in [4.78, 5) is 28.9. The van der Waals surface area contributed by atoms with Crippen LogP contribution in [-0.2, 0) is 4.79 Å². The van der Waals surface area contributed by atoms with Gasteiger partial charge in [-0.05, 0) is 96.8 Å². The van der Waals surface area contributed by atoms with Crippen molar-refractivity contribution in [2.75, 3.05) is 16.4 Å². The molecule has 0 fully saturated rings. The zero-order valence-electron chi connectivity index (χ0n) is 30.4. The van der Waals surface area contributed by atoms with Gasteiger partial charge in [-0.2, -0.15) is 4.99 Å². The Balaban J connectivity index is 0.000000165. The predicted molar refractivity (Wildman–Crippen MR) is 218 cm³/mol. The van der Waals surface area contributed by atoms with Crippen LogP contribution in [0.1, 0.15) is 11.1 Å². The van der Waals surface area contributed by atoms with Crippen LogP contribution in [0.3, 0.4) is 0 Å². The Morgan fingerprint density at radius 1 is 0.672 bits per heavy atom. The molecule has 0 atom stereocenters. The molecule has 8 aromatic rings. The number of amides is 2. The number of isocyanates is 1. The SMILES string of the molecule is Cc1cc(-c2ccno2)sc1-c1ccc(N)cc1.Cc1cc(-c2ccno2)sc1-c1ccc(NC(=O)Nc2c(F)cccc2F)cc1.O=C=Nc1c(F)cccc1F. The number of aryl methyl sites for hydroxylation is 2. The number of hydrogen-bond donors (Lipinski definition) is 3. The van der Waals surface area contributed by atoms with Gasteiger partial charge in [0, 0.05) is 33.3 Å². The summed E-state index contributed by atoms with van der Waals surface area (Å²) in [6, 6.07) is 28.8. The van der Waals surface area contributed by atoms with E-state index in [0.717, 1.165) is 67.6 Å². The number of nitrogen functional groups attached to an aromatic ring is 1. The summed E-state index contributed by atoms with van der Waals surface area (Å²) in [5.74, 6) is -1.90. The highest BCUT2D eigenvalue weighted by Gasteiger charge is 2.15. The number of hydrogen-bond acceptors (Lipinski definition) is 10. The molecule has 0 radical (unpaired) electrons. The minimum atomic E-state index is -0.867. The first-order chi connectivity index (χ1) is 28.0. The Hall–Kier alpha value is -7.13. The highest BCUT2D eigenvalue weighted by Crippen LogP contribution is 2.39. The number of urea groups is 1. The normalized spacial score (nSPS) is 10.4. The van der Waals surface area contributed by atoms with Crippen molar-refractivity contribution in [3.8, 4) is 42.2 Å². The molecule has 0 unspecified atom stereocenters. The third-order valence-corrected chi connectivity index (χ3v) is 10.7. The van der Waals surface area contributed by atoms with Crippen molar-refractivity contribution in [1.82, 2.24) is 10.3 Å². The molecule has 58 heavy (non-hydrogen) atoms. The zero-order valence-corrected chi connectivity index (χ0v) is 32.1. The largest absolute Gasteiger partial charge is 0.399 e. The fraction of sp³-hybridized carbons (Fsp3) is 0.0476. The molecular formula is C42H30F4N6O4S2. The number of nitrogens with two attached hydrogens (primary N) is 1. The van der Waals surface area contributed by atoms with Crippen LogP contribution in [0.5, 0.6) is 0 Å². The van der Waals surface area contributed by atoms with Gasteiger partial charge in [-0.25, -0.2) is 27.2 Å². The van der Waals surface area contributed by atoms with Gasteiger partial charge in [0.25, 0.3) is 0 Å². The van der Waals surface area contributed by atoms with Crippen molar-refractivity contribution in [1.29, 1.82) is 0 Å². The van der Waals surface area contributed by atoms with E-state index < -0.39 is 40.7 Å². The molecule has 16 heteroatoms. The molecule has 4 heterocycles. The molecule has 4 aromatic heterocycles. The number of anilines is 3. The third-order valence-electron chi connectivity index (χ3n) is 8.07. The highest BCUT2D eigenvalue weighted by molar-refractivity contribution is 7.19. The third kappa shape index (κ3) is 9.99. The summed E-state index contributed by atoms with van der Waals surface area (Å²) in [6.07, 6.45) is 4.32. The highest BCUT2D eigenvalue weighted by atomic mass is 32.1. The lowest BCUT2D eigenvalue weighted by Crippen LogP contribution is -2.20. The van der Waals surface area contributed by atoms with Crippen LogP contribution in [-0.4, -0.2) is 22.4 Å². The molecule has 10 nitrogen and oxygen atoms in total. The van der Waals surface area contributed by atoms with E-state index in [1.165, 1.54) is 28.1 Å². The number of carbonyl (C=O) groups is 1. The zero-order chi connectivity index (χ0) is 41.2. The van der Waals surface area contributed by atoms with E-state index in [1.807, 2.05) is 55.5 Å². The number of aliphatic imine (C=N–C) groups is 1. The van der Waals surface area contributed by atoms with E-state index in [0.29, 0.717) is 11.4 Å². The number of halogens is 4. The number of benzene rings is 4. The molecule has 4 N–H and O–H groups in total. The molecule has 0 spiro atoms. The van der Waals surface area contributed by atoms with Gasteiger partial charge < -0.3 is 25.4 Å². The van der Waals surface area contributed by atoms with Gasteiger partial charge >= 0.3 is 6.03 Å². The first-order valence-electron chi connectivity index (χ1n) is 17.0. The average molecular weight is 823 g/mol. The van der Waals surface area contributed by atoms with Crippen molar-refractivity contribution < 1.29 is 36.2 Å². The second kappa shape index (κ2) is 18.7. The van der Waals surface area contributed by atoms with Gasteiger partial charge in [0.15, 0.2) is 23.2 Å². The minimum Gasteiger partial charge on any atom is -0.399 e. The number of nitrogens with one attached hydrogen (secondary N) is 2. The summed E-state index contributed by atoms with van der Waals surface area (Å²) >= 11 is 3.28. The molecule has 292 valence electrons. The van der Waals surface area contributed by atoms with Crippen LogP contribution in [0.15, 0.2) is 136 Å². The van der Waals surface area contributed by atoms with Gasteiger partial charge in [-0.3, -0.25) is 0 Å². The summed E-state index contributed by atoms with van der Waals surface area (Å²) < 4.78 is 62.7. The first kappa shape index (κ1) is 40.5. The lowest BCUT2D eigenvalue weighted by atomic mass is 10.1. The molecule has 0 aliphatic carbocycles. The summed E-state index contributed by atoms with van der Waals surface area (Å²) in [6.45, 7) is 4.11. The van der Waals surface area contributed by atoms with Crippen molar-refractivity contribution in [3.63, 3.8) is 0 Å². The molecule has 8 rings (SSSR count). The number of rotatable bonds is 7. The van der Waals surface area contributed by atoms with E-state index >= 15 is 0 Å². The lowest BCUT2D eigenvalue weighted by molar-refractivity contribution is 0.262. The van der Waals surface area contributed by atoms with Gasteiger partial charge in [0.1, 0.15) is 23.0 Å². The fourth-order valence-electron chi connectivity index (χ4n) is 5.34. The van der Waals surface area contributed by atoms with Crippen LogP contribution >= 0.6 is 22.7 Å². The standard InChI is InChI=1S/C21H15F2N3O2S.C14H12N2OS.C7H3F2NO/c1-12-11-18(17-9-10-24-28-17)29-20(12)13-5-7-14(8-6-13)25-21(27)26-19-15(22)3-2-4-16(19)23;1-9-8-13(12-6-7-16-17-12)18-14(9)10-2-4-11(15)5-3-10;8-5-2-1-3-6(9)7(5)10-4-11/h2-11H,1H3,(H2,25,26,27);2-8H,15H2,1H3;1-3H. The molecule has 4 aromatic carbocycles. The quantitative estimate of drug-likeness (QED) is 0.0627. The van der Waals surface area contributed by atoms with E-state index in [-0.39, 0.29) is 0 Å². The molecular weight excluding hydrogens is 793 g/mol. The van der Waals surface area contributed by atoms with Crippen molar-refractivity contribution in [2.24, 2.45) is 4.99 Å². The number of para-hydroxylation sites is 2. The maximum Gasteiger partial charge on any atom is 0.323 e. The average Bonchev–Trinajstić information content (AvgIpc) is 4.05. The van der Waals surface area contributed by atoms with Crippen LogP contribution < -0.4 is 16.4 Å². The van der Waals surface area contributed by atoms with Gasteiger partial charge in [0.05, 0.1) is 22.1 Å². The smallest absolute Gasteiger partial charge is 0.323 e. The number of nitrogens with zero attached hydrogens (tertiary/aromatic N) is 3. The Kier molecular flexibility index (Phi) is 13.0. The number of aromatic nitrogens is 2. The first-order valence-corrected chi connectivity index (χ1v) is 18.7. The molecule has 0 bridgehead atoms. The second-order valence-electron chi connectivity index (χ2n) is 12.1. The molecule has 0 aliphatic heterocycles. The predicted octanol–water partition coefficient (Wildman–Crippen LogP) is 12.2. The van der Waals surface area contributed by atoms with Crippen LogP contribution in [0.2, 0.25) is 0 Å². The van der Waals surface area contributed by atoms with Gasteiger partial charge in [-0.15, -0.1) is 22.7 Å². The maximum atomic E-state index is 13.6. The monoisotopic (exact) mass is 822 g/mol. The second-order valence-corrected chi connectivity index (χ2v) is 14.3. The van der Waals surface area contributed by atoms with Crippen LogP contribution in [0.4, 0.5) is 45.1 Å². The van der Waals surface area contributed by atoms with Gasteiger partial charge in [0.2, 0.25) is 6.08 Å². The van der Waals surface area contributed by atoms with E-state index in [4.69, 9.17) is 14.8 Å². The Morgan fingerprint density at radius 2 is 1.14 bits per heavy atom. The van der Waals surface area contributed by atoms with Crippen molar-refractivity contribution in [2.45, 2.75) is 13.8 Å². The number of thiophene rings is 2. The fourth-order valence-corrected chi connectivity index (χ4v) is 7.61. The lowest BCUT2D eigenvalue weighted by Gasteiger charge is -2.10. The summed E-state index contributed by atoms with van der Waals surface area (Å²) in [7, 11) is 0. The summed E-state index contributed by atoms with van der Waals surface area (Å²) in [5.41, 5.74) is 10.4. The summed E-state index contributed by atoms with van der Waals surface area (Å²) in [5, 5.41) is 12.2. The van der Waals surface area contributed by atoms with E-state index in [2.05, 4.69) is 38.9 Å². The Labute approximate surface area is 336 Å². The Morgan fingerprint density at radius 3 is 1.59 bits per heavy atom. The molecule has 0 saturated carbocycles. The molecule has 2 amide bonds. The minimum absolute atomic E-state index is 0.490. The van der Waals surface area contributed by atoms with Crippen LogP contribution in [0.25, 0.3) is 42.2 Å². The van der Waals surface area contributed by atoms with E-state index in [1.54, 1.807) is 53.3 Å². The molecule has 0 saturated heterocycles.